The number of piperazine rings is 1. The van der Waals surface area contributed by atoms with Gasteiger partial charge in [0.05, 0.1) is 26.9 Å². The smallest absolute Gasteiger partial charge is 0.271 e. The highest BCUT2D eigenvalue weighted by Gasteiger charge is 2.23. The van der Waals surface area contributed by atoms with Crippen molar-refractivity contribution in [2.75, 3.05) is 43.4 Å². The summed E-state index contributed by atoms with van der Waals surface area (Å²) in [6.07, 6.45) is 0. The molecule has 3 rings (SSSR count). The fourth-order valence-electron chi connectivity index (χ4n) is 3.11. The zero-order valence-corrected chi connectivity index (χ0v) is 16.3. The zero-order valence-electron chi connectivity index (χ0n) is 15.5. The average molecular weight is 407 g/mol. The van der Waals surface area contributed by atoms with Crippen molar-refractivity contribution in [1.82, 2.24) is 4.90 Å². The zero-order chi connectivity index (χ0) is 20.4. The van der Waals surface area contributed by atoms with Gasteiger partial charge in [-0.05, 0) is 31.7 Å². The summed E-state index contributed by atoms with van der Waals surface area (Å²) < 4.78 is 14.2. The Morgan fingerprint density at radius 1 is 1.21 bits per heavy atom. The van der Waals surface area contributed by atoms with Crippen molar-refractivity contribution in [1.29, 1.82) is 0 Å². The summed E-state index contributed by atoms with van der Waals surface area (Å²) in [5.74, 6) is -1.50. The lowest BCUT2D eigenvalue weighted by molar-refractivity contribution is -0.384. The average Bonchev–Trinajstić information content (AvgIpc) is 2.66. The van der Waals surface area contributed by atoms with Crippen LogP contribution in [0, 0.1) is 22.9 Å². The van der Waals surface area contributed by atoms with Crippen LogP contribution in [0.2, 0.25) is 5.02 Å². The Hall–Kier alpha value is -2.71. The maximum Gasteiger partial charge on any atom is 0.271 e. The molecule has 0 radical (unpaired) electrons. The molecule has 148 valence electrons. The predicted octanol–water partition coefficient (Wildman–Crippen LogP) is 3.70. The number of rotatable bonds is 4. The van der Waals surface area contributed by atoms with Gasteiger partial charge >= 0.3 is 0 Å². The van der Waals surface area contributed by atoms with E-state index in [0.717, 1.165) is 13.1 Å². The van der Waals surface area contributed by atoms with Crippen molar-refractivity contribution < 1.29 is 14.1 Å². The van der Waals surface area contributed by atoms with Gasteiger partial charge in [0, 0.05) is 38.3 Å². The normalized spacial score (nSPS) is 14.8. The summed E-state index contributed by atoms with van der Waals surface area (Å²) >= 11 is 6.12. The van der Waals surface area contributed by atoms with E-state index in [0.29, 0.717) is 24.3 Å². The summed E-state index contributed by atoms with van der Waals surface area (Å²) in [5.41, 5.74) is 1.02. The number of carbonyl (C=O) groups is 1. The number of halogens is 2. The van der Waals surface area contributed by atoms with E-state index < -0.39 is 16.6 Å². The van der Waals surface area contributed by atoms with Crippen molar-refractivity contribution in [3.8, 4) is 0 Å². The first-order valence-electron chi connectivity index (χ1n) is 8.76. The number of carbonyl (C=O) groups excluding carboxylic acids is 1. The molecule has 9 heteroatoms. The highest BCUT2D eigenvalue weighted by atomic mass is 35.5. The number of benzene rings is 2. The van der Waals surface area contributed by atoms with E-state index in [1.165, 1.54) is 24.3 Å². The van der Waals surface area contributed by atoms with Crippen molar-refractivity contribution >= 4 is 34.6 Å². The molecule has 0 aliphatic carbocycles. The molecule has 0 spiro atoms. The number of hydrogen-bond acceptors (Lipinski definition) is 5. The van der Waals surface area contributed by atoms with E-state index in [1.807, 2.05) is 11.9 Å². The van der Waals surface area contributed by atoms with Crippen LogP contribution in [-0.2, 0) is 0 Å². The third-order valence-electron chi connectivity index (χ3n) is 4.79. The minimum atomic E-state index is -0.750. The Morgan fingerprint density at radius 3 is 2.54 bits per heavy atom. The fraction of sp³-hybridized carbons (Fsp3) is 0.316. The van der Waals surface area contributed by atoms with Crippen molar-refractivity contribution in [3.63, 3.8) is 0 Å². The molecule has 1 heterocycles. The molecule has 0 aromatic heterocycles. The molecule has 1 amide bonds. The Morgan fingerprint density at radius 2 is 1.89 bits per heavy atom. The van der Waals surface area contributed by atoms with Gasteiger partial charge in [-0.15, -0.1) is 0 Å². The number of hydrogen-bond donors (Lipinski definition) is 1. The number of nitrogens with zero attached hydrogens (tertiary/aromatic N) is 3. The summed E-state index contributed by atoms with van der Waals surface area (Å²) in [6.45, 7) is 4.72. The number of amides is 1. The van der Waals surface area contributed by atoms with Crippen LogP contribution in [0.1, 0.15) is 15.9 Å². The van der Waals surface area contributed by atoms with Crippen LogP contribution in [0.3, 0.4) is 0 Å². The Labute approximate surface area is 166 Å². The number of nitrogens with one attached hydrogen (secondary N) is 1. The molecule has 7 nitrogen and oxygen atoms in total. The molecule has 0 atom stereocenters. The second kappa shape index (κ2) is 8.12. The first-order chi connectivity index (χ1) is 13.3. The van der Waals surface area contributed by atoms with E-state index in [1.54, 1.807) is 13.0 Å². The Balaban J connectivity index is 1.97. The SMILES string of the molecule is Cc1ccc(F)c(C(=O)Nc2cc([N+](=O)[O-])ccc2N2CCN(C)CC2)c1Cl. The predicted molar refractivity (Wildman–Crippen MR) is 107 cm³/mol. The molecule has 1 aliphatic rings. The van der Waals surface area contributed by atoms with Crippen LogP contribution >= 0.6 is 11.6 Å². The second-order valence-electron chi connectivity index (χ2n) is 6.76. The lowest BCUT2D eigenvalue weighted by Crippen LogP contribution is -2.44. The molecule has 2 aromatic carbocycles. The second-order valence-corrected chi connectivity index (χ2v) is 7.13. The molecule has 28 heavy (non-hydrogen) atoms. The van der Waals surface area contributed by atoms with Crippen LogP contribution < -0.4 is 10.2 Å². The van der Waals surface area contributed by atoms with Gasteiger partial charge in [-0.1, -0.05) is 17.7 Å². The summed E-state index contributed by atoms with van der Waals surface area (Å²) in [7, 11) is 2.01. The molecule has 0 bridgehead atoms. The highest BCUT2D eigenvalue weighted by Crippen LogP contribution is 2.32. The standard InChI is InChI=1S/C19H20ClFN4O3/c1-12-3-5-14(21)17(18(12)20)19(26)22-15-11-13(25(27)28)4-6-16(15)24-9-7-23(2)8-10-24/h3-6,11H,7-10H2,1-2H3,(H,22,26). The lowest BCUT2D eigenvalue weighted by atomic mass is 10.1. The van der Waals surface area contributed by atoms with Crippen molar-refractivity contribution in [2.45, 2.75) is 6.92 Å². The molecule has 1 N–H and O–H groups in total. The van der Waals surface area contributed by atoms with Gasteiger partial charge in [0.15, 0.2) is 0 Å². The maximum atomic E-state index is 14.2. The van der Waals surface area contributed by atoms with Crippen LogP contribution in [-0.4, -0.2) is 49.0 Å². The molecule has 1 aliphatic heterocycles. The van der Waals surface area contributed by atoms with Gasteiger partial charge in [-0.2, -0.15) is 0 Å². The summed E-state index contributed by atoms with van der Waals surface area (Å²) in [4.78, 5) is 27.6. The van der Waals surface area contributed by atoms with Crippen LogP contribution in [0.15, 0.2) is 30.3 Å². The summed E-state index contributed by atoms with van der Waals surface area (Å²) in [6, 6.07) is 6.94. The van der Waals surface area contributed by atoms with Gasteiger partial charge in [-0.25, -0.2) is 4.39 Å². The van der Waals surface area contributed by atoms with E-state index >= 15 is 0 Å². The molecule has 0 unspecified atom stereocenters. The van der Waals surface area contributed by atoms with E-state index in [9.17, 15) is 19.3 Å². The third-order valence-corrected chi connectivity index (χ3v) is 5.28. The highest BCUT2D eigenvalue weighted by molar-refractivity contribution is 6.35. The van der Waals surface area contributed by atoms with E-state index in [4.69, 9.17) is 11.6 Å². The van der Waals surface area contributed by atoms with Gasteiger partial charge in [0.25, 0.3) is 11.6 Å². The Bertz CT molecular complexity index is 930. The first kappa shape index (κ1) is 20.0. The molecule has 1 fully saturated rings. The number of non-ortho nitro benzene ring substituents is 1. The Kier molecular flexibility index (Phi) is 5.81. The topological polar surface area (TPSA) is 78.7 Å². The number of nitro benzene ring substituents is 1. The van der Waals surface area contributed by atoms with Crippen LogP contribution in [0.4, 0.5) is 21.5 Å². The minimum Gasteiger partial charge on any atom is -0.367 e. The van der Waals surface area contributed by atoms with Crippen molar-refractivity contribution in [2.24, 2.45) is 0 Å². The van der Waals surface area contributed by atoms with E-state index in [2.05, 4.69) is 10.2 Å². The van der Waals surface area contributed by atoms with E-state index in [-0.39, 0.29) is 22.0 Å². The number of aryl methyl sites for hydroxylation is 1. The molecule has 1 saturated heterocycles. The van der Waals surface area contributed by atoms with Gasteiger partial charge in [0.1, 0.15) is 5.82 Å². The number of likely N-dealkylation sites (N-methyl/N-ethyl adjacent to an activating group) is 1. The molecule has 0 saturated carbocycles. The third kappa shape index (κ3) is 4.07. The monoisotopic (exact) mass is 406 g/mol. The van der Waals surface area contributed by atoms with Gasteiger partial charge in [0.2, 0.25) is 0 Å². The molecular formula is C19H20ClFN4O3. The number of nitro groups is 1. The van der Waals surface area contributed by atoms with Gasteiger partial charge < -0.3 is 15.1 Å². The van der Waals surface area contributed by atoms with Crippen LogP contribution in [0.5, 0.6) is 0 Å². The van der Waals surface area contributed by atoms with Crippen LogP contribution in [0.25, 0.3) is 0 Å². The molecular weight excluding hydrogens is 387 g/mol. The van der Waals surface area contributed by atoms with Gasteiger partial charge in [-0.3, -0.25) is 14.9 Å². The number of anilines is 2. The van der Waals surface area contributed by atoms with Crippen molar-refractivity contribution in [3.05, 3.63) is 62.4 Å². The lowest BCUT2D eigenvalue weighted by Gasteiger charge is -2.35. The maximum absolute atomic E-state index is 14.2. The summed E-state index contributed by atoms with van der Waals surface area (Å²) in [5, 5.41) is 13.8. The quantitative estimate of drug-likeness (QED) is 0.618. The largest absolute Gasteiger partial charge is 0.367 e. The minimum absolute atomic E-state index is 0.0177. The first-order valence-corrected chi connectivity index (χ1v) is 9.13. The molecule has 2 aromatic rings. The fourth-order valence-corrected chi connectivity index (χ4v) is 3.35.